The van der Waals surface area contributed by atoms with Crippen LogP contribution >= 0.6 is 11.6 Å². The molecule has 4 aromatic rings. The normalized spacial score (nSPS) is 13.7. The third-order valence-corrected chi connectivity index (χ3v) is 8.00. The van der Waals surface area contributed by atoms with Gasteiger partial charge in [0.15, 0.2) is 6.61 Å². The number of alkyl halides is 3. The molecule has 0 aliphatic heterocycles. The fourth-order valence-corrected chi connectivity index (χ4v) is 5.14. The molecular formula is C34H29ClF5N7O6. The maximum Gasteiger partial charge on any atom is 0.422 e. The number of carbonyl (C=O) groups is 4. The van der Waals surface area contributed by atoms with Gasteiger partial charge in [0, 0.05) is 35.3 Å². The number of anilines is 3. The van der Waals surface area contributed by atoms with Crippen molar-refractivity contribution >= 4 is 52.8 Å². The zero-order valence-corrected chi connectivity index (χ0v) is 28.0. The van der Waals surface area contributed by atoms with Gasteiger partial charge in [-0.05, 0) is 78.9 Å². The number of ether oxygens (including phenoxy) is 1. The maximum absolute atomic E-state index is 13.4. The summed E-state index contributed by atoms with van der Waals surface area (Å²) in [5, 5.41) is 20.6. The average molecular weight is 762 g/mol. The van der Waals surface area contributed by atoms with E-state index in [0.717, 1.165) is 17.7 Å². The standard InChI is InChI=1S/C34H29ClF5N7O6/c35-21-5-3-20(4-6-21)33(10-11-33)47-31-44-30(45-32(46-31)53-17-34(38,39)40)42-24-7-1-19(2-8-24)27(49)43-25(29(51)52)9-12-41-28(50)26(48)15-18-13-22(36)16-23(37)14-18/h1-8,13-14,16,25H,9-12,15,17H2,(H,41,50)(H,43,49)(H,51,52)(H2,42,44,45,46,47)/t25-/m0/s1. The Morgan fingerprint density at radius 1 is 0.906 bits per heavy atom. The molecule has 2 amide bonds. The number of carboxylic acids is 1. The van der Waals surface area contributed by atoms with Gasteiger partial charge < -0.3 is 31.1 Å². The Kier molecular flexibility index (Phi) is 11.7. The molecule has 5 N–H and O–H groups in total. The van der Waals surface area contributed by atoms with Crippen LogP contribution in [0.4, 0.5) is 39.5 Å². The molecule has 1 aromatic heterocycles. The van der Waals surface area contributed by atoms with Crippen molar-refractivity contribution in [2.24, 2.45) is 0 Å². The topological polar surface area (TPSA) is 185 Å². The van der Waals surface area contributed by atoms with Crippen molar-refractivity contribution in [2.45, 2.75) is 43.4 Å². The lowest BCUT2D eigenvalue weighted by Gasteiger charge is -2.19. The highest BCUT2D eigenvalue weighted by molar-refractivity contribution is 6.36. The SMILES string of the molecule is O=C(Cc1cc(F)cc(F)c1)C(=O)NCC[C@H](NC(=O)c1ccc(Nc2nc(NC3(c4ccc(Cl)cc4)CC3)nc(OCC(F)(F)F)n2)cc1)C(=O)O. The predicted octanol–water partition coefficient (Wildman–Crippen LogP) is 5.09. The zero-order chi connectivity index (χ0) is 38.3. The quantitative estimate of drug-likeness (QED) is 0.0757. The van der Waals surface area contributed by atoms with Gasteiger partial charge in [0.05, 0.1) is 5.54 Å². The molecule has 19 heteroatoms. The Morgan fingerprint density at radius 2 is 1.55 bits per heavy atom. The fraction of sp³-hybridized carbons (Fsp3) is 0.265. The van der Waals surface area contributed by atoms with Crippen molar-refractivity contribution in [1.82, 2.24) is 25.6 Å². The highest BCUT2D eigenvalue weighted by Gasteiger charge is 2.45. The number of aliphatic carboxylic acids is 1. The van der Waals surface area contributed by atoms with E-state index < -0.39 is 72.0 Å². The van der Waals surface area contributed by atoms with Crippen LogP contribution in [-0.2, 0) is 26.3 Å². The monoisotopic (exact) mass is 761 g/mol. The van der Waals surface area contributed by atoms with Gasteiger partial charge in [-0.15, -0.1) is 0 Å². The second-order valence-corrected chi connectivity index (χ2v) is 12.3. The number of halogens is 6. The van der Waals surface area contributed by atoms with Crippen LogP contribution in [-0.4, -0.2) is 69.0 Å². The Balaban J connectivity index is 1.19. The lowest BCUT2D eigenvalue weighted by molar-refractivity contribution is -0.154. The number of Topliss-reactive ketones (excluding diaryl/α,β-unsaturated/α-hetero) is 1. The van der Waals surface area contributed by atoms with Crippen LogP contribution in [0.1, 0.15) is 40.7 Å². The molecule has 5 rings (SSSR count). The summed E-state index contributed by atoms with van der Waals surface area (Å²) in [6, 6.07) is 12.8. The summed E-state index contributed by atoms with van der Waals surface area (Å²) >= 11 is 6.00. The predicted molar refractivity (Wildman–Crippen MR) is 179 cm³/mol. The van der Waals surface area contributed by atoms with Crippen molar-refractivity contribution in [2.75, 3.05) is 23.8 Å². The maximum atomic E-state index is 13.4. The van der Waals surface area contributed by atoms with E-state index in [4.69, 9.17) is 16.3 Å². The smallest absolute Gasteiger partial charge is 0.422 e. The first-order valence-electron chi connectivity index (χ1n) is 15.7. The van der Waals surface area contributed by atoms with Gasteiger partial charge in [-0.1, -0.05) is 23.7 Å². The number of hydrogen-bond acceptors (Lipinski definition) is 10. The summed E-state index contributed by atoms with van der Waals surface area (Å²) < 4.78 is 70.3. The summed E-state index contributed by atoms with van der Waals surface area (Å²) in [6.07, 6.45) is -4.20. The molecule has 1 saturated carbocycles. The van der Waals surface area contributed by atoms with E-state index in [2.05, 4.69) is 36.2 Å². The molecule has 3 aromatic carbocycles. The number of amides is 2. The van der Waals surface area contributed by atoms with Crippen LogP contribution in [0, 0.1) is 11.6 Å². The Hall–Kier alpha value is -5.91. The van der Waals surface area contributed by atoms with Crippen molar-refractivity contribution in [3.05, 3.63) is 100 Å². The van der Waals surface area contributed by atoms with E-state index in [-0.39, 0.29) is 36.0 Å². The molecule has 0 spiro atoms. The van der Waals surface area contributed by atoms with Gasteiger partial charge in [0.25, 0.3) is 11.8 Å². The minimum Gasteiger partial charge on any atom is -0.480 e. The molecule has 0 saturated heterocycles. The summed E-state index contributed by atoms with van der Waals surface area (Å²) in [7, 11) is 0. The molecule has 1 fully saturated rings. The Morgan fingerprint density at radius 3 is 2.15 bits per heavy atom. The fourth-order valence-electron chi connectivity index (χ4n) is 5.01. The minimum absolute atomic E-state index is 0.0224. The van der Waals surface area contributed by atoms with Gasteiger partial charge >= 0.3 is 18.2 Å². The van der Waals surface area contributed by atoms with Gasteiger partial charge in [0.1, 0.15) is 17.7 Å². The molecule has 1 aliphatic carbocycles. The van der Waals surface area contributed by atoms with E-state index in [1.165, 1.54) is 24.3 Å². The van der Waals surface area contributed by atoms with Crippen molar-refractivity contribution in [3.8, 4) is 6.01 Å². The molecule has 13 nitrogen and oxygen atoms in total. The summed E-state index contributed by atoms with van der Waals surface area (Å²) in [5.41, 5.74) is 0.537. The minimum atomic E-state index is -4.66. The highest BCUT2D eigenvalue weighted by Crippen LogP contribution is 2.48. The van der Waals surface area contributed by atoms with Crippen LogP contribution < -0.4 is 26.0 Å². The number of nitrogens with zero attached hydrogens (tertiary/aromatic N) is 3. The molecule has 1 heterocycles. The van der Waals surface area contributed by atoms with E-state index >= 15 is 0 Å². The molecule has 53 heavy (non-hydrogen) atoms. The van der Waals surface area contributed by atoms with Gasteiger partial charge in [-0.3, -0.25) is 14.4 Å². The van der Waals surface area contributed by atoms with Crippen LogP contribution in [0.15, 0.2) is 66.7 Å². The largest absolute Gasteiger partial charge is 0.480 e. The second kappa shape index (κ2) is 16.2. The Labute approximate surface area is 302 Å². The first-order valence-corrected chi connectivity index (χ1v) is 16.1. The first-order chi connectivity index (χ1) is 25.1. The van der Waals surface area contributed by atoms with E-state index in [9.17, 15) is 46.2 Å². The number of benzene rings is 3. The molecule has 0 unspecified atom stereocenters. The van der Waals surface area contributed by atoms with Crippen molar-refractivity contribution in [3.63, 3.8) is 0 Å². The molecular weight excluding hydrogens is 733 g/mol. The number of hydrogen-bond donors (Lipinski definition) is 5. The lowest BCUT2D eigenvalue weighted by Crippen LogP contribution is -2.43. The van der Waals surface area contributed by atoms with Crippen molar-refractivity contribution < 1.29 is 51.0 Å². The van der Waals surface area contributed by atoms with Crippen LogP contribution in [0.3, 0.4) is 0 Å². The molecule has 0 bridgehead atoms. The number of rotatable bonds is 16. The summed E-state index contributed by atoms with van der Waals surface area (Å²) in [6.45, 7) is -1.98. The third-order valence-electron chi connectivity index (χ3n) is 7.74. The number of nitrogens with one attached hydrogen (secondary N) is 4. The van der Waals surface area contributed by atoms with E-state index in [0.29, 0.717) is 29.6 Å². The second-order valence-electron chi connectivity index (χ2n) is 11.9. The molecule has 0 radical (unpaired) electrons. The summed E-state index contributed by atoms with van der Waals surface area (Å²) in [4.78, 5) is 61.2. The van der Waals surface area contributed by atoms with Gasteiger partial charge in [0.2, 0.25) is 17.7 Å². The molecule has 1 aliphatic rings. The average Bonchev–Trinajstić information content (AvgIpc) is 3.86. The number of carboxylic acid groups (broad SMARTS) is 1. The van der Waals surface area contributed by atoms with Gasteiger partial charge in [-0.25, -0.2) is 13.6 Å². The van der Waals surface area contributed by atoms with Gasteiger partial charge in [-0.2, -0.15) is 28.1 Å². The highest BCUT2D eigenvalue weighted by atomic mass is 35.5. The summed E-state index contributed by atoms with van der Waals surface area (Å²) in [5.74, 6) is -6.45. The van der Waals surface area contributed by atoms with Crippen molar-refractivity contribution in [1.29, 1.82) is 0 Å². The van der Waals surface area contributed by atoms with E-state index in [1.807, 2.05) is 12.1 Å². The van der Waals surface area contributed by atoms with Crippen LogP contribution in [0.5, 0.6) is 6.01 Å². The van der Waals surface area contributed by atoms with Crippen LogP contribution in [0.2, 0.25) is 5.02 Å². The number of carbonyl (C=O) groups excluding carboxylic acids is 3. The molecule has 1 atom stereocenters. The lowest BCUT2D eigenvalue weighted by atomic mass is 10.1. The Bertz CT molecular complexity index is 1980. The third kappa shape index (κ3) is 11.0. The zero-order valence-electron chi connectivity index (χ0n) is 27.3. The first kappa shape index (κ1) is 38.3. The van der Waals surface area contributed by atoms with Crippen LogP contribution in [0.25, 0.3) is 0 Å². The number of aromatic nitrogens is 3. The van der Waals surface area contributed by atoms with E-state index in [1.54, 1.807) is 12.1 Å². The number of ketones is 1. The molecule has 278 valence electrons.